The van der Waals surface area contributed by atoms with Gasteiger partial charge in [0.05, 0.1) is 6.10 Å². The van der Waals surface area contributed by atoms with Crippen molar-refractivity contribution in [3.8, 4) is 5.88 Å². The van der Waals surface area contributed by atoms with E-state index in [1.165, 1.54) is 12.4 Å². The van der Waals surface area contributed by atoms with Crippen molar-refractivity contribution in [2.75, 3.05) is 24.5 Å². The second-order valence-corrected chi connectivity index (χ2v) is 4.21. The average Bonchev–Trinajstić information content (AvgIpc) is 2.26. The van der Waals surface area contributed by atoms with E-state index in [0.29, 0.717) is 0 Å². The monoisotopic (exact) mass is 278 g/mol. The maximum absolute atomic E-state index is 12.5. The van der Waals surface area contributed by atoms with Crippen LogP contribution in [0.15, 0.2) is 12.4 Å². The summed E-state index contributed by atoms with van der Waals surface area (Å²) in [7, 11) is 0. The molecule has 0 unspecified atom stereocenters. The lowest BCUT2D eigenvalue weighted by molar-refractivity contribution is -0.119. The van der Waals surface area contributed by atoms with E-state index < -0.39 is 12.7 Å². The molecule has 0 aliphatic rings. The zero-order valence-corrected chi connectivity index (χ0v) is 10.8. The molecule has 8 heteroatoms. The SMILES string of the molecule is CC(C)Oc1cc(N(CCN)CC(F)(F)F)ncn1. The van der Waals surface area contributed by atoms with Crippen LogP contribution in [-0.4, -0.2) is 41.9 Å². The lowest BCUT2D eigenvalue weighted by Gasteiger charge is -2.24. The summed E-state index contributed by atoms with van der Waals surface area (Å²) >= 11 is 0. The van der Waals surface area contributed by atoms with Crippen molar-refractivity contribution in [3.63, 3.8) is 0 Å². The van der Waals surface area contributed by atoms with E-state index in [2.05, 4.69) is 9.97 Å². The average molecular weight is 278 g/mol. The molecule has 19 heavy (non-hydrogen) atoms. The molecule has 1 rings (SSSR count). The highest BCUT2D eigenvalue weighted by atomic mass is 19.4. The Morgan fingerprint density at radius 1 is 1.37 bits per heavy atom. The van der Waals surface area contributed by atoms with Crippen LogP contribution in [0, 0.1) is 0 Å². The summed E-state index contributed by atoms with van der Waals surface area (Å²) in [5.74, 6) is 0.387. The summed E-state index contributed by atoms with van der Waals surface area (Å²) in [6, 6.07) is 1.38. The summed E-state index contributed by atoms with van der Waals surface area (Å²) in [5, 5.41) is 0. The standard InChI is InChI=1S/C11H17F3N4O/c1-8(2)19-10-5-9(16-7-17-10)18(4-3-15)6-11(12,13)14/h5,7-8H,3-4,6,15H2,1-2H3. The van der Waals surface area contributed by atoms with Gasteiger partial charge in [0.25, 0.3) is 0 Å². The summed E-state index contributed by atoms with van der Waals surface area (Å²) in [6.07, 6.45) is -3.26. The van der Waals surface area contributed by atoms with Crippen molar-refractivity contribution in [1.82, 2.24) is 9.97 Å². The maximum atomic E-state index is 12.5. The van der Waals surface area contributed by atoms with Gasteiger partial charge in [-0.05, 0) is 13.8 Å². The van der Waals surface area contributed by atoms with Gasteiger partial charge >= 0.3 is 6.18 Å². The fourth-order valence-electron chi connectivity index (χ4n) is 1.46. The molecular formula is C11H17F3N4O. The minimum atomic E-state index is -4.32. The van der Waals surface area contributed by atoms with Crippen molar-refractivity contribution >= 4 is 5.82 Å². The number of ether oxygens (including phenoxy) is 1. The van der Waals surface area contributed by atoms with Crippen molar-refractivity contribution < 1.29 is 17.9 Å². The molecule has 0 amide bonds. The quantitative estimate of drug-likeness (QED) is 0.856. The van der Waals surface area contributed by atoms with E-state index in [1.54, 1.807) is 13.8 Å². The third-order valence-electron chi connectivity index (χ3n) is 2.08. The summed E-state index contributed by atoms with van der Waals surface area (Å²) in [6.45, 7) is 2.64. The molecule has 108 valence electrons. The first-order valence-corrected chi connectivity index (χ1v) is 5.82. The maximum Gasteiger partial charge on any atom is 0.405 e. The normalized spacial score (nSPS) is 11.7. The molecule has 0 spiro atoms. The van der Waals surface area contributed by atoms with Gasteiger partial charge in [0.2, 0.25) is 5.88 Å². The molecule has 1 aromatic rings. The Balaban J connectivity index is 2.89. The first kappa shape index (κ1) is 15.5. The van der Waals surface area contributed by atoms with Crippen LogP contribution in [0.3, 0.4) is 0 Å². The predicted octanol–water partition coefficient (Wildman–Crippen LogP) is 1.59. The van der Waals surface area contributed by atoms with Gasteiger partial charge in [0.1, 0.15) is 18.7 Å². The largest absolute Gasteiger partial charge is 0.475 e. The molecular weight excluding hydrogens is 261 g/mol. The third kappa shape index (κ3) is 5.73. The number of hydrogen-bond donors (Lipinski definition) is 1. The molecule has 0 atom stereocenters. The molecule has 0 saturated carbocycles. The molecule has 0 aliphatic carbocycles. The van der Waals surface area contributed by atoms with Gasteiger partial charge in [-0.2, -0.15) is 13.2 Å². The molecule has 0 aliphatic heterocycles. The van der Waals surface area contributed by atoms with Crippen molar-refractivity contribution in [2.24, 2.45) is 5.73 Å². The van der Waals surface area contributed by atoms with Crippen molar-refractivity contribution in [3.05, 3.63) is 12.4 Å². The Hall–Kier alpha value is -1.57. The molecule has 1 aromatic heterocycles. The molecule has 1 heterocycles. The van der Waals surface area contributed by atoms with Gasteiger partial charge in [0.15, 0.2) is 0 Å². The van der Waals surface area contributed by atoms with Gasteiger partial charge < -0.3 is 15.4 Å². The van der Waals surface area contributed by atoms with E-state index in [9.17, 15) is 13.2 Å². The van der Waals surface area contributed by atoms with E-state index in [1.807, 2.05) is 0 Å². The Bertz CT molecular complexity index is 398. The van der Waals surface area contributed by atoms with Gasteiger partial charge in [0, 0.05) is 19.2 Å². The predicted molar refractivity (Wildman–Crippen MR) is 65.1 cm³/mol. The fourth-order valence-corrected chi connectivity index (χ4v) is 1.46. The number of alkyl halides is 3. The van der Waals surface area contributed by atoms with Gasteiger partial charge in [-0.1, -0.05) is 0 Å². The number of nitrogens with two attached hydrogens (primary N) is 1. The lowest BCUT2D eigenvalue weighted by Crippen LogP contribution is -2.38. The molecule has 0 aromatic carbocycles. The summed E-state index contributed by atoms with van der Waals surface area (Å²) in [5.41, 5.74) is 5.32. The van der Waals surface area contributed by atoms with E-state index in [-0.39, 0.29) is 30.9 Å². The third-order valence-corrected chi connectivity index (χ3v) is 2.08. The molecule has 0 fully saturated rings. The van der Waals surface area contributed by atoms with Crippen LogP contribution >= 0.6 is 0 Å². The Morgan fingerprint density at radius 3 is 2.58 bits per heavy atom. The second-order valence-electron chi connectivity index (χ2n) is 4.21. The molecule has 5 nitrogen and oxygen atoms in total. The highest BCUT2D eigenvalue weighted by Crippen LogP contribution is 2.22. The van der Waals surface area contributed by atoms with Crippen LogP contribution in [0.4, 0.5) is 19.0 Å². The van der Waals surface area contributed by atoms with Crippen LogP contribution in [0.2, 0.25) is 0 Å². The van der Waals surface area contributed by atoms with E-state index in [0.717, 1.165) is 4.90 Å². The molecule has 0 radical (unpaired) electrons. The Labute approximate surface area is 109 Å². The van der Waals surface area contributed by atoms with Crippen LogP contribution in [0.5, 0.6) is 5.88 Å². The number of nitrogens with zero attached hydrogens (tertiary/aromatic N) is 3. The molecule has 0 saturated heterocycles. The Morgan fingerprint density at radius 2 is 2.05 bits per heavy atom. The van der Waals surface area contributed by atoms with Crippen LogP contribution < -0.4 is 15.4 Å². The van der Waals surface area contributed by atoms with Gasteiger partial charge in [-0.25, -0.2) is 9.97 Å². The number of anilines is 1. The van der Waals surface area contributed by atoms with Crippen LogP contribution in [0.25, 0.3) is 0 Å². The Kier molecular flexibility index (Phi) is 5.34. The van der Waals surface area contributed by atoms with Crippen molar-refractivity contribution in [1.29, 1.82) is 0 Å². The zero-order valence-electron chi connectivity index (χ0n) is 10.8. The topological polar surface area (TPSA) is 64.3 Å². The van der Waals surface area contributed by atoms with Crippen LogP contribution in [-0.2, 0) is 0 Å². The number of rotatable bonds is 6. The smallest absolute Gasteiger partial charge is 0.405 e. The zero-order chi connectivity index (χ0) is 14.5. The number of halogens is 3. The van der Waals surface area contributed by atoms with Crippen molar-refractivity contribution in [2.45, 2.75) is 26.1 Å². The van der Waals surface area contributed by atoms with Gasteiger partial charge in [-0.15, -0.1) is 0 Å². The van der Waals surface area contributed by atoms with E-state index in [4.69, 9.17) is 10.5 Å². The fraction of sp³-hybridized carbons (Fsp3) is 0.636. The minimum absolute atomic E-state index is 0.0532. The highest BCUT2D eigenvalue weighted by molar-refractivity contribution is 5.41. The van der Waals surface area contributed by atoms with Crippen LogP contribution in [0.1, 0.15) is 13.8 Å². The molecule has 0 bridgehead atoms. The lowest BCUT2D eigenvalue weighted by atomic mass is 10.4. The highest BCUT2D eigenvalue weighted by Gasteiger charge is 2.31. The number of aromatic nitrogens is 2. The summed E-state index contributed by atoms with van der Waals surface area (Å²) < 4.78 is 42.7. The van der Waals surface area contributed by atoms with E-state index >= 15 is 0 Å². The first-order chi connectivity index (χ1) is 8.81. The first-order valence-electron chi connectivity index (χ1n) is 5.82. The summed E-state index contributed by atoms with van der Waals surface area (Å²) in [4.78, 5) is 8.73. The molecule has 2 N–H and O–H groups in total. The van der Waals surface area contributed by atoms with Gasteiger partial charge in [-0.3, -0.25) is 0 Å². The minimum Gasteiger partial charge on any atom is -0.475 e. The number of hydrogen-bond acceptors (Lipinski definition) is 5. The second kappa shape index (κ2) is 6.55.